The van der Waals surface area contributed by atoms with Gasteiger partial charge in [0.25, 0.3) is 0 Å². The molecule has 0 atom stereocenters. The van der Waals surface area contributed by atoms with Gasteiger partial charge >= 0.3 is 0 Å². The molecular weight excluding hydrogens is 320 g/mol. The highest BCUT2D eigenvalue weighted by molar-refractivity contribution is 6.30. The zero-order chi connectivity index (χ0) is 16.9. The van der Waals surface area contributed by atoms with Crippen LogP contribution in [0.1, 0.15) is 12.5 Å². The quantitative estimate of drug-likeness (QED) is 0.647. The highest BCUT2D eigenvalue weighted by atomic mass is 35.5. The molecule has 0 radical (unpaired) electrons. The fourth-order valence-electron chi connectivity index (χ4n) is 2.51. The largest absolute Gasteiger partial charge is 0.477 e. The molecule has 0 unspecified atom stereocenters. The first kappa shape index (κ1) is 16.0. The Hall–Kier alpha value is -2.83. The van der Waals surface area contributed by atoms with Gasteiger partial charge in [0.2, 0.25) is 5.88 Å². The van der Waals surface area contributed by atoms with Crippen molar-refractivity contribution in [2.75, 3.05) is 6.61 Å². The van der Waals surface area contributed by atoms with Gasteiger partial charge < -0.3 is 4.74 Å². The highest BCUT2D eigenvalue weighted by Crippen LogP contribution is 2.33. The van der Waals surface area contributed by atoms with Crippen LogP contribution in [0.25, 0.3) is 22.4 Å². The third kappa shape index (κ3) is 3.24. The van der Waals surface area contributed by atoms with Gasteiger partial charge in [-0.2, -0.15) is 5.26 Å². The van der Waals surface area contributed by atoms with E-state index in [0.717, 1.165) is 22.4 Å². The second kappa shape index (κ2) is 7.16. The van der Waals surface area contributed by atoms with Crippen molar-refractivity contribution in [3.63, 3.8) is 0 Å². The number of rotatable bonds is 4. The average Bonchev–Trinajstić information content (AvgIpc) is 2.62. The van der Waals surface area contributed by atoms with Crippen LogP contribution in [0.2, 0.25) is 5.02 Å². The molecule has 0 N–H and O–H groups in total. The third-order valence-electron chi connectivity index (χ3n) is 3.58. The molecule has 0 bridgehead atoms. The molecule has 0 spiro atoms. The van der Waals surface area contributed by atoms with Gasteiger partial charge in [-0.3, -0.25) is 0 Å². The smallest absolute Gasteiger partial charge is 0.232 e. The monoisotopic (exact) mass is 334 g/mol. The number of pyridine rings is 1. The van der Waals surface area contributed by atoms with Crippen molar-refractivity contribution in [2.24, 2.45) is 0 Å². The SMILES string of the molecule is CCOc1nc(-c2cccc(Cl)c2)cc(-c2ccccc2)c1C#N. The first-order chi connectivity index (χ1) is 11.7. The maximum Gasteiger partial charge on any atom is 0.232 e. The van der Waals surface area contributed by atoms with Crippen molar-refractivity contribution in [3.8, 4) is 34.3 Å². The zero-order valence-electron chi connectivity index (χ0n) is 13.2. The molecule has 0 amide bonds. The molecule has 4 heteroatoms. The summed E-state index contributed by atoms with van der Waals surface area (Å²) in [6.07, 6.45) is 0. The lowest BCUT2D eigenvalue weighted by Gasteiger charge is -2.12. The van der Waals surface area contributed by atoms with E-state index in [-0.39, 0.29) is 0 Å². The van der Waals surface area contributed by atoms with Gasteiger partial charge in [-0.25, -0.2) is 4.98 Å². The number of ether oxygens (including phenoxy) is 1. The Balaban J connectivity index is 2.25. The zero-order valence-corrected chi connectivity index (χ0v) is 13.9. The van der Waals surface area contributed by atoms with Crippen molar-refractivity contribution in [2.45, 2.75) is 6.92 Å². The van der Waals surface area contributed by atoms with Crippen LogP contribution >= 0.6 is 11.6 Å². The molecule has 2 aromatic carbocycles. The lowest BCUT2D eigenvalue weighted by atomic mass is 9.99. The Kier molecular flexibility index (Phi) is 4.79. The van der Waals surface area contributed by atoms with Crippen molar-refractivity contribution in [1.82, 2.24) is 4.98 Å². The Bertz CT molecular complexity index is 901. The predicted octanol–water partition coefficient (Wildman–Crippen LogP) is 5.34. The summed E-state index contributed by atoms with van der Waals surface area (Å²) in [4.78, 5) is 4.53. The maximum atomic E-state index is 9.60. The lowest BCUT2D eigenvalue weighted by Crippen LogP contribution is -2.01. The number of benzene rings is 2. The Morgan fingerprint density at radius 2 is 1.79 bits per heavy atom. The van der Waals surface area contributed by atoms with Crippen LogP contribution in [-0.2, 0) is 0 Å². The van der Waals surface area contributed by atoms with Crippen LogP contribution < -0.4 is 4.74 Å². The summed E-state index contributed by atoms with van der Waals surface area (Å²) in [5.74, 6) is 0.344. The molecule has 3 aromatic rings. The van der Waals surface area contributed by atoms with E-state index in [2.05, 4.69) is 11.1 Å². The average molecular weight is 335 g/mol. The van der Waals surface area contributed by atoms with Gasteiger partial charge in [0.1, 0.15) is 11.6 Å². The molecule has 3 rings (SSSR count). The minimum absolute atomic E-state index is 0.344. The van der Waals surface area contributed by atoms with Crippen LogP contribution in [0.4, 0.5) is 0 Å². The number of hydrogen-bond acceptors (Lipinski definition) is 3. The number of nitrogens with zero attached hydrogens (tertiary/aromatic N) is 2. The summed E-state index contributed by atoms with van der Waals surface area (Å²) >= 11 is 6.10. The van der Waals surface area contributed by atoms with Crippen LogP contribution in [0.15, 0.2) is 60.7 Å². The van der Waals surface area contributed by atoms with Gasteiger partial charge in [-0.1, -0.05) is 54.1 Å². The fraction of sp³-hybridized carbons (Fsp3) is 0.100. The van der Waals surface area contributed by atoms with E-state index in [9.17, 15) is 5.26 Å². The van der Waals surface area contributed by atoms with Crippen LogP contribution in [-0.4, -0.2) is 11.6 Å². The van der Waals surface area contributed by atoms with Gasteiger partial charge in [0.05, 0.1) is 12.3 Å². The molecule has 0 aliphatic carbocycles. The fourth-order valence-corrected chi connectivity index (χ4v) is 2.70. The number of hydrogen-bond donors (Lipinski definition) is 0. The van der Waals surface area contributed by atoms with Crippen LogP contribution in [0.3, 0.4) is 0 Å². The van der Waals surface area contributed by atoms with Gasteiger partial charge in [0, 0.05) is 16.1 Å². The summed E-state index contributed by atoms with van der Waals surface area (Å²) < 4.78 is 5.62. The molecule has 24 heavy (non-hydrogen) atoms. The second-order valence-electron chi connectivity index (χ2n) is 5.16. The van der Waals surface area contributed by atoms with Crippen molar-refractivity contribution in [3.05, 3.63) is 71.2 Å². The first-order valence-electron chi connectivity index (χ1n) is 7.62. The van der Waals surface area contributed by atoms with E-state index >= 15 is 0 Å². The molecule has 3 nitrogen and oxygen atoms in total. The topological polar surface area (TPSA) is 45.9 Å². The molecule has 0 saturated carbocycles. The molecule has 118 valence electrons. The number of halogens is 1. The summed E-state index contributed by atoms with van der Waals surface area (Å²) in [6, 6.07) is 21.4. The second-order valence-corrected chi connectivity index (χ2v) is 5.59. The van der Waals surface area contributed by atoms with Gasteiger partial charge in [0.15, 0.2) is 0 Å². The summed E-state index contributed by atoms with van der Waals surface area (Å²) in [6.45, 7) is 2.31. The Morgan fingerprint density at radius 1 is 1.04 bits per heavy atom. The maximum absolute atomic E-state index is 9.60. The molecule has 1 aromatic heterocycles. The minimum Gasteiger partial charge on any atom is -0.477 e. The van der Waals surface area contributed by atoms with E-state index in [1.54, 1.807) is 0 Å². The van der Waals surface area contributed by atoms with Crippen molar-refractivity contribution < 1.29 is 4.74 Å². The van der Waals surface area contributed by atoms with E-state index in [4.69, 9.17) is 16.3 Å². The molecular formula is C20H15ClN2O. The normalized spacial score (nSPS) is 10.2. The lowest BCUT2D eigenvalue weighted by molar-refractivity contribution is 0.326. The number of nitriles is 1. The van der Waals surface area contributed by atoms with Crippen molar-refractivity contribution >= 4 is 11.6 Å². The van der Waals surface area contributed by atoms with E-state index in [1.807, 2.05) is 67.6 Å². The van der Waals surface area contributed by atoms with E-state index < -0.39 is 0 Å². The summed E-state index contributed by atoms with van der Waals surface area (Å²) in [5.41, 5.74) is 3.78. The van der Waals surface area contributed by atoms with Crippen LogP contribution in [0.5, 0.6) is 5.88 Å². The van der Waals surface area contributed by atoms with Gasteiger partial charge in [-0.05, 0) is 30.7 Å². The Morgan fingerprint density at radius 3 is 2.46 bits per heavy atom. The third-order valence-corrected chi connectivity index (χ3v) is 3.82. The standard InChI is InChI=1S/C20H15ClN2O/c1-2-24-20-18(13-22)17(14-7-4-3-5-8-14)12-19(23-20)15-9-6-10-16(21)11-15/h3-12H,2H2,1H3. The van der Waals surface area contributed by atoms with E-state index in [1.165, 1.54) is 0 Å². The van der Waals surface area contributed by atoms with Crippen molar-refractivity contribution in [1.29, 1.82) is 5.26 Å². The Labute approximate surface area is 146 Å². The van der Waals surface area contributed by atoms with Crippen LogP contribution in [0, 0.1) is 11.3 Å². The van der Waals surface area contributed by atoms with Gasteiger partial charge in [-0.15, -0.1) is 0 Å². The molecule has 0 fully saturated rings. The molecule has 0 aliphatic heterocycles. The summed E-state index contributed by atoms with van der Waals surface area (Å²) in [7, 11) is 0. The molecule has 0 aliphatic rings. The predicted molar refractivity (Wildman–Crippen MR) is 96.0 cm³/mol. The minimum atomic E-state index is 0.344. The highest BCUT2D eigenvalue weighted by Gasteiger charge is 2.16. The van der Waals surface area contributed by atoms with E-state index in [0.29, 0.717) is 23.1 Å². The summed E-state index contributed by atoms with van der Waals surface area (Å²) in [5, 5.41) is 10.2. The first-order valence-corrected chi connectivity index (χ1v) is 8.00. The molecule has 1 heterocycles. The number of aromatic nitrogens is 1. The molecule has 0 saturated heterocycles.